The highest BCUT2D eigenvalue weighted by molar-refractivity contribution is 4.81. The zero-order chi connectivity index (χ0) is 12.3. The molecule has 4 heteroatoms. The van der Waals surface area contributed by atoms with Gasteiger partial charge in [-0.1, -0.05) is 13.8 Å². The van der Waals surface area contributed by atoms with Crippen LogP contribution in [0.4, 0.5) is 0 Å². The fraction of sp³-hybridized carbons (Fsp3) is 1.00. The lowest BCUT2D eigenvalue weighted by Crippen LogP contribution is -2.43. The second-order valence-electron chi connectivity index (χ2n) is 4.20. The molecule has 1 atom stereocenters. The number of aliphatic hydroxyl groups is 1. The maximum atomic E-state index is 9.10. The van der Waals surface area contributed by atoms with Gasteiger partial charge in [0.1, 0.15) is 0 Å². The molecule has 0 aromatic carbocycles. The Balaban J connectivity index is 3.26. The first-order valence-electron chi connectivity index (χ1n) is 6.23. The molecular weight excluding hydrogens is 206 g/mol. The van der Waals surface area contributed by atoms with Gasteiger partial charge in [-0.2, -0.15) is 0 Å². The van der Waals surface area contributed by atoms with Gasteiger partial charge in [0.25, 0.3) is 0 Å². The predicted octanol–water partition coefficient (Wildman–Crippen LogP) is 1.31. The van der Waals surface area contributed by atoms with E-state index in [1.54, 1.807) is 0 Å². The lowest BCUT2D eigenvalue weighted by Gasteiger charge is -2.25. The number of hydrogen-bond donors (Lipinski definition) is 2. The zero-order valence-electron chi connectivity index (χ0n) is 10.7. The summed E-state index contributed by atoms with van der Waals surface area (Å²) in [6, 6.07) is 0. The molecule has 0 aromatic heterocycles. The maximum absolute atomic E-state index is 9.10. The second kappa shape index (κ2) is 10.0. The molecule has 0 aliphatic carbocycles. The average Bonchev–Trinajstić information content (AvgIpc) is 2.32. The van der Waals surface area contributed by atoms with Crippen LogP contribution in [0.1, 0.15) is 39.5 Å². The summed E-state index contributed by atoms with van der Waals surface area (Å²) in [6.45, 7) is 6.92. The van der Waals surface area contributed by atoms with E-state index in [1.807, 2.05) is 6.92 Å². The van der Waals surface area contributed by atoms with Gasteiger partial charge in [0.15, 0.2) is 0 Å². The largest absolute Gasteiger partial charge is 0.394 e. The Labute approximate surface area is 99.1 Å². The van der Waals surface area contributed by atoms with E-state index in [1.165, 1.54) is 0 Å². The first-order chi connectivity index (χ1) is 7.68. The van der Waals surface area contributed by atoms with Gasteiger partial charge in [-0.25, -0.2) is 0 Å². The van der Waals surface area contributed by atoms with Crippen molar-refractivity contribution in [3.05, 3.63) is 0 Å². The number of hydrogen-bond acceptors (Lipinski definition) is 4. The Kier molecular flexibility index (Phi) is 9.92. The van der Waals surface area contributed by atoms with Crippen molar-refractivity contribution in [2.75, 3.05) is 33.0 Å². The first kappa shape index (κ1) is 15.8. The molecule has 0 bridgehead atoms. The normalized spacial score (nSPS) is 15.0. The third-order valence-electron chi connectivity index (χ3n) is 2.70. The summed E-state index contributed by atoms with van der Waals surface area (Å²) in [5.41, 5.74) is 5.52. The molecule has 0 saturated carbocycles. The van der Waals surface area contributed by atoms with E-state index in [0.717, 1.165) is 32.3 Å². The number of ether oxygens (including phenoxy) is 2. The summed E-state index contributed by atoms with van der Waals surface area (Å²) in [4.78, 5) is 0. The van der Waals surface area contributed by atoms with E-state index in [0.29, 0.717) is 19.8 Å². The van der Waals surface area contributed by atoms with E-state index in [9.17, 15) is 0 Å². The first-order valence-corrected chi connectivity index (χ1v) is 6.23. The molecule has 0 amide bonds. The van der Waals surface area contributed by atoms with Crippen LogP contribution in [0, 0.1) is 0 Å². The van der Waals surface area contributed by atoms with Gasteiger partial charge in [0, 0.05) is 18.8 Å². The molecule has 0 heterocycles. The van der Waals surface area contributed by atoms with Gasteiger partial charge in [-0.05, 0) is 25.7 Å². The van der Waals surface area contributed by atoms with Crippen molar-refractivity contribution < 1.29 is 14.6 Å². The minimum Gasteiger partial charge on any atom is -0.394 e. The van der Waals surface area contributed by atoms with E-state index < -0.39 is 5.54 Å². The lowest BCUT2D eigenvalue weighted by atomic mass is 9.93. The SMILES string of the molecule is CCCOCCOCCCC(N)(CC)CO. The molecule has 98 valence electrons. The second-order valence-corrected chi connectivity index (χ2v) is 4.20. The highest BCUT2D eigenvalue weighted by atomic mass is 16.5. The highest BCUT2D eigenvalue weighted by Crippen LogP contribution is 2.12. The van der Waals surface area contributed by atoms with E-state index >= 15 is 0 Å². The minimum atomic E-state index is -0.429. The molecule has 0 aliphatic rings. The molecule has 16 heavy (non-hydrogen) atoms. The molecular formula is C12H27NO3. The van der Waals surface area contributed by atoms with Crippen LogP contribution < -0.4 is 5.73 Å². The number of aliphatic hydroxyl groups excluding tert-OH is 1. The molecule has 3 N–H and O–H groups in total. The summed E-state index contributed by atoms with van der Waals surface area (Å²) < 4.78 is 10.7. The monoisotopic (exact) mass is 233 g/mol. The van der Waals surface area contributed by atoms with Crippen molar-refractivity contribution in [1.82, 2.24) is 0 Å². The third-order valence-corrected chi connectivity index (χ3v) is 2.70. The molecule has 0 fully saturated rings. The van der Waals surface area contributed by atoms with Crippen molar-refractivity contribution in [2.24, 2.45) is 5.73 Å². The molecule has 4 nitrogen and oxygen atoms in total. The standard InChI is InChI=1S/C12H27NO3/c1-3-7-15-9-10-16-8-5-6-12(13,4-2)11-14/h14H,3-11,13H2,1-2H3. The van der Waals surface area contributed by atoms with Crippen LogP contribution in [0.25, 0.3) is 0 Å². The third kappa shape index (κ3) is 8.05. The fourth-order valence-electron chi connectivity index (χ4n) is 1.36. The Bertz CT molecular complexity index is 149. The van der Waals surface area contributed by atoms with Crippen LogP contribution >= 0.6 is 0 Å². The predicted molar refractivity (Wildman–Crippen MR) is 65.5 cm³/mol. The van der Waals surface area contributed by atoms with Gasteiger partial charge in [-0.15, -0.1) is 0 Å². The summed E-state index contributed by atoms with van der Waals surface area (Å²) in [7, 11) is 0. The molecule has 0 spiro atoms. The number of rotatable bonds is 11. The van der Waals surface area contributed by atoms with Gasteiger partial charge >= 0.3 is 0 Å². The van der Waals surface area contributed by atoms with Crippen molar-refractivity contribution in [3.63, 3.8) is 0 Å². The van der Waals surface area contributed by atoms with Crippen LogP contribution in [0.3, 0.4) is 0 Å². The zero-order valence-corrected chi connectivity index (χ0v) is 10.7. The van der Waals surface area contributed by atoms with Crippen LogP contribution in [0.15, 0.2) is 0 Å². The van der Waals surface area contributed by atoms with Gasteiger partial charge < -0.3 is 20.3 Å². The quantitative estimate of drug-likeness (QED) is 0.528. The Hall–Kier alpha value is -0.160. The van der Waals surface area contributed by atoms with Crippen molar-refractivity contribution >= 4 is 0 Å². The highest BCUT2D eigenvalue weighted by Gasteiger charge is 2.20. The smallest absolute Gasteiger partial charge is 0.0700 e. The van der Waals surface area contributed by atoms with Gasteiger partial charge in [0.2, 0.25) is 0 Å². The Morgan fingerprint density at radius 1 is 1.06 bits per heavy atom. The maximum Gasteiger partial charge on any atom is 0.0700 e. The van der Waals surface area contributed by atoms with Crippen LogP contribution in [-0.2, 0) is 9.47 Å². The van der Waals surface area contributed by atoms with Crippen molar-refractivity contribution in [2.45, 2.75) is 45.1 Å². The Morgan fingerprint density at radius 2 is 1.69 bits per heavy atom. The van der Waals surface area contributed by atoms with Crippen molar-refractivity contribution in [1.29, 1.82) is 0 Å². The van der Waals surface area contributed by atoms with Crippen molar-refractivity contribution in [3.8, 4) is 0 Å². The molecule has 0 aliphatic heterocycles. The summed E-state index contributed by atoms with van der Waals surface area (Å²) in [5.74, 6) is 0. The molecule has 1 unspecified atom stereocenters. The molecule has 0 aromatic rings. The molecule has 0 saturated heterocycles. The number of nitrogens with two attached hydrogens (primary N) is 1. The minimum absolute atomic E-state index is 0.0448. The Morgan fingerprint density at radius 3 is 2.19 bits per heavy atom. The molecule has 0 radical (unpaired) electrons. The van der Waals surface area contributed by atoms with Gasteiger partial charge in [0.05, 0.1) is 19.8 Å². The summed E-state index contributed by atoms with van der Waals surface area (Å²) in [6.07, 6.45) is 3.53. The lowest BCUT2D eigenvalue weighted by molar-refractivity contribution is 0.0436. The fourth-order valence-corrected chi connectivity index (χ4v) is 1.36. The van der Waals surface area contributed by atoms with E-state index in [-0.39, 0.29) is 6.61 Å². The van der Waals surface area contributed by atoms with E-state index in [4.69, 9.17) is 20.3 Å². The summed E-state index contributed by atoms with van der Waals surface area (Å²) in [5, 5.41) is 9.10. The van der Waals surface area contributed by atoms with Gasteiger partial charge in [-0.3, -0.25) is 0 Å². The summed E-state index contributed by atoms with van der Waals surface area (Å²) >= 11 is 0. The van der Waals surface area contributed by atoms with Crippen LogP contribution in [-0.4, -0.2) is 43.7 Å². The van der Waals surface area contributed by atoms with E-state index in [2.05, 4.69) is 6.92 Å². The topological polar surface area (TPSA) is 64.7 Å². The van der Waals surface area contributed by atoms with Crippen LogP contribution in [0.2, 0.25) is 0 Å². The van der Waals surface area contributed by atoms with Crippen LogP contribution in [0.5, 0.6) is 0 Å². The molecule has 0 rings (SSSR count). The average molecular weight is 233 g/mol.